The highest BCUT2D eigenvalue weighted by molar-refractivity contribution is 5.46. The zero-order chi connectivity index (χ0) is 10.9. The van der Waals surface area contributed by atoms with Gasteiger partial charge in [-0.3, -0.25) is 0 Å². The topological polar surface area (TPSA) is 35.5 Å². The molecular formula is C12H20N2O. The van der Waals surface area contributed by atoms with E-state index in [-0.39, 0.29) is 6.61 Å². The van der Waals surface area contributed by atoms with Gasteiger partial charge in [0.2, 0.25) is 0 Å². The zero-order valence-corrected chi connectivity index (χ0v) is 9.32. The Labute approximate surface area is 91.7 Å². The van der Waals surface area contributed by atoms with E-state index in [0.29, 0.717) is 0 Å². The van der Waals surface area contributed by atoms with Crippen LogP contribution in [0.2, 0.25) is 0 Å². The second kappa shape index (κ2) is 7.26. The molecule has 1 aromatic rings. The van der Waals surface area contributed by atoms with E-state index < -0.39 is 0 Å². The lowest BCUT2D eigenvalue weighted by molar-refractivity contribution is 0.318. The summed E-state index contributed by atoms with van der Waals surface area (Å²) in [6, 6.07) is 10.6. The Kier molecular flexibility index (Phi) is 5.81. The molecule has 0 spiro atoms. The van der Waals surface area contributed by atoms with Gasteiger partial charge >= 0.3 is 0 Å². The molecule has 1 aromatic carbocycles. The molecule has 0 atom stereocenters. The summed E-state index contributed by atoms with van der Waals surface area (Å²) < 4.78 is 0. The third-order valence-corrected chi connectivity index (χ3v) is 2.24. The molecule has 1 aliphatic heterocycles. The number of benzene rings is 1. The van der Waals surface area contributed by atoms with Crippen molar-refractivity contribution in [3.8, 4) is 0 Å². The summed E-state index contributed by atoms with van der Waals surface area (Å²) in [5.41, 5.74) is 1.35. The van der Waals surface area contributed by atoms with Crippen molar-refractivity contribution in [2.24, 2.45) is 0 Å². The smallest absolute Gasteiger partial charge is 0.0402 e. The number of nitrogens with zero attached hydrogens (tertiary/aromatic N) is 1. The van der Waals surface area contributed by atoms with E-state index in [1.807, 2.05) is 0 Å². The van der Waals surface area contributed by atoms with E-state index in [0.717, 1.165) is 26.2 Å². The second-order valence-electron chi connectivity index (χ2n) is 3.39. The number of hydrogen-bond acceptors (Lipinski definition) is 3. The molecule has 0 saturated carbocycles. The van der Waals surface area contributed by atoms with Crippen LogP contribution < -0.4 is 10.2 Å². The lowest BCUT2D eigenvalue weighted by Crippen LogP contribution is -2.43. The van der Waals surface area contributed by atoms with Crippen LogP contribution in [0, 0.1) is 0 Å². The Hall–Kier alpha value is -1.06. The van der Waals surface area contributed by atoms with E-state index in [2.05, 4.69) is 40.5 Å². The standard InChI is InChI=1S/C10H14N2.C2H6O/c1-2-4-10(5-3-1)12-8-6-11-7-9-12;1-2-3/h1-5,11H,6-9H2;3H,2H2,1H3. The predicted octanol–water partition coefficient (Wildman–Crippen LogP) is 1.09. The first-order chi connectivity index (χ1) is 7.38. The molecule has 0 unspecified atom stereocenters. The average molecular weight is 208 g/mol. The van der Waals surface area contributed by atoms with Crippen molar-refractivity contribution in [3.63, 3.8) is 0 Å². The monoisotopic (exact) mass is 208 g/mol. The summed E-state index contributed by atoms with van der Waals surface area (Å²) in [5.74, 6) is 0. The molecule has 2 N–H and O–H groups in total. The molecule has 0 bridgehead atoms. The van der Waals surface area contributed by atoms with Gasteiger partial charge in [-0.15, -0.1) is 0 Å². The van der Waals surface area contributed by atoms with Crippen molar-refractivity contribution >= 4 is 5.69 Å². The van der Waals surface area contributed by atoms with E-state index in [9.17, 15) is 0 Å². The van der Waals surface area contributed by atoms with E-state index in [1.54, 1.807) is 6.92 Å². The lowest BCUT2D eigenvalue weighted by atomic mass is 10.2. The van der Waals surface area contributed by atoms with Crippen LogP contribution in [0.3, 0.4) is 0 Å². The van der Waals surface area contributed by atoms with Gasteiger partial charge in [0, 0.05) is 38.5 Å². The van der Waals surface area contributed by atoms with Gasteiger partial charge in [-0.1, -0.05) is 18.2 Å². The van der Waals surface area contributed by atoms with Crippen LogP contribution in [0.4, 0.5) is 5.69 Å². The Morgan fingerprint density at radius 3 is 2.27 bits per heavy atom. The van der Waals surface area contributed by atoms with Crippen LogP contribution in [0.5, 0.6) is 0 Å². The number of hydrogen-bond donors (Lipinski definition) is 2. The molecule has 1 aliphatic rings. The number of nitrogens with one attached hydrogen (secondary N) is 1. The molecule has 0 amide bonds. The number of piperazine rings is 1. The number of aliphatic hydroxyl groups excluding tert-OH is 1. The summed E-state index contributed by atoms with van der Waals surface area (Å²) in [7, 11) is 0. The van der Waals surface area contributed by atoms with Crippen molar-refractivity contribution in [2.75, 3.05) is 37.7 Å². The first-order valence-corrected chi connectivity index (χ1v) is 5.50. The Morgan fingerprint density at radius 2 is 1.73 bits per heavy atom. The summed E-state index contributed by atoms with van der Waals surface area (Å²) >= 11 is 0. The minimum absolute atomic E-state index is 0.250. The fraction of sp³-hybridized carbons (Fsp3) is 0.500. The third kappa shape index (κ3) is 4.32. The molecule has 3 nitrogen and oxygen atoms in total. The van der Waals surface area contributed by atoms with Gasteiger partial charge in [0.15, 0.2) is 0 Å². The normalized spacial score (nSPS) is 15.5. The molecule has 84 valence electrons. The van der Waals surface area contributed by atoms with E-state index >= 15 is 0 Å². The van der Waals surface area contributed by atoms with Crippen molar-refractivity contribution < 1.29 is 5.11 Å². The number of para-hydroxylation sites is 1. The minimum Gasteiger partial charge on any atom is -0.397 e. The largest absolute Gasteiger partial charge is 0.397 e. The number of aliphatic hydroxyl groups is 1. The van der Waals surface area contributed by atoms with Crippen LogP contribution in [0.1, 0.15) is 6.92 Å². The van der Waals surface area contributed by atoms with Gasteiger partial charge in [0.25, 0.3) is 0 Å². The van der Waals surface area contributed by atoms with Gasteiger partial charge in [0.1, 0.15) is 0 Å². The van der Waals surface area contributed by atoms with Crippen molar-refractivity contribution in [1.29, 1.82) is 0 Å². The fourth-order valence-electron chi connectivity index (χ4n) is 1.56. The van der Waals surface area contributed by atoms with Crippen molar-refractivity contribution in [2.45, 2.75) is 6.92 Å². The first-order valence-electron chi connectivity index (χ1n) is 5.50. The Balaban J connectivity index is 0.000000337. The molecule has 1 fully saturated rings. The number of rotatable bonds is 1. The summed E-state index contributed by atoms with van der Waals surface area (Å²) in [6.07, 6.45) is 0. The SMILES string of the molecule is CCO.c1ccc(N2CCNCC2)cc1. The predicted molar refractivity (Wildman–Crippen MR) is 64.3 cm³/mol. The van der Waals surface area contributed by atoms with Crippen molar-refractivity contribution in [3.05, 3.63) is 30.3 Å². The molecule has 1 heterocycles. The average Bonchev–Trinajstić information content (AvgIpc) is 2.32. The molecule has 0 aliphatic carbocycles. The van der Waals surface area contributed by atoms with Gasteiger partial charge < -0.3 is 15.3 Å². The highest BCUT2D eigenvalue weighted by atomic mass is 16.2. The molecule has 3 heteroatoms. The third-order valence-electron chi connectivity index (χ3n) is 2.24. The van der Waals surface area contributed by atoms with Gasteiger partial charge in [-0.25, -0.2) is 0 Å². The first kappa shape index (κ1) is 12.0. The maximum Gasteiger partial charge on any atom is 0.0402 e. The van der Waals surface area contributed by atoms with Crippen LogP contribution in [0.15, 0.2) is 30.3 Å². The maximum absolute atomic E-state index is 7.57. The van der Waals surface area contributed by atoms with Gasteiger partial charge in [-0.2, -0.15) is 0 Å². The molecule has 0 radical (unpaired) electrons. The zero-order valence-electron chi connectivity index (χ0n) is 9.32. The Bertz CT molecular complexity index is 245. The lowest BCUT2D eigenvalue weighted by Gasteiger charge is -2.29. The maximum atomic E-state index is 7.57. The molecule has 1 saturated heterocycles. The number of anilines is 1. The van der Waals surface area contributed by atoms with Crippen LogP contribution in [0.25, 0.3) is 0 Å². The highest BCUT2D eigenvalue weighted by Crippen LogP contribution is 2.12. The molecule has 0 aromatic heterocycles. The van der Waals surface area contributed by atoms with Gasteiger partial charge in [0.05, 0.1) is 0 Å². The Morgan fingerprint density at radius 1 is 1.20 bits per heavy atom. The summed E-state index contributed by atoms with van der Waals surface area (Å²) in [5, 5.41) is 10.9. The summed E-state index contributed by atoms with van der Waals surface area (Å²) in [4.78, 5) is 2.41. The molecule has 15 heavy (non-hydrogen) atoms. The molecular weight excluding hydrogens is 188 g/mol. The summed E-state index contributed by atoms with van der Waals surface area (Å²) in [6.45, 7) is 6.40. The quantitative estimate of drug-likeness (QED) is 0.725. The minimum atomic E-state index is 0.250. The van der Waals surface area contributed by atoms with Gasteiger partial charge in [-0.05, 0) is 19.1 Å². The second-order valence-corrected chi connectivity index (χ2v) is 3.39. The van der Waals surface area contributed by atoms with E-state index in [1.165, 1.54) is 5.69 Å². The van der Waals surface area contributed by atoms with Crippen molar-refractivity contribution in [1.82, 2.24) is 5.32 Å². The fourth-order valence-corrected chi connectivity index (χ4v) is 1.56. The van der Waals surface area contributed by atoms with Crippen LogP contribution in [-0.4, -0.2) is 37.9 Å². The van der Waals surface area contributed by atoms with Crippen LogP contribution >= 0.6 is 0 Å². The van der Waals surface area contributed by atoms with Crippen LogP contribution in [-0.2, 0) is 0 Å². The van der Waals surface area contributed by atoms with E-state index in [4.69, 9.17) is 5.11 Å². The highest BCUT2D eigenvalue weighted by Gasteiger charge is 2.08. The molecule has 2 rings (SSSR count).